The molecule has 0 saturated heterocycles. The minimum atomic E-state index is -4.56. The Morgan fingerprint density at radius 3 is 2.24 bits per heavy atom. The summed E-state index contributed by atoms with van der Waals surface area (Å²) in [4.78, 5) is 0. The van der Waals surface area contributed by atoms with Gasteiger partial charge in [0.2, 0.25) is 10.0 Å². The van der Waals surface area contributed by atoms with E-state index in [2.05, 4.69) is 14.1 Å². The van der Waals surface area contributed by atoms with E-state index in [9.17, 15) is 26.6 Å². The molecule has 0 aromatic heterocycles. The standard InChI is InChI=1S/C11H21NO8S3.2Na/c1-22(14,15)12-7-5-9-8(11(6-7)23(16,17)18)3-2-4-10(9)21-20-19-13;;/h7-13H,2-6H2,1H3,(H,16,17,18);;/q;2*+1/p-2. The van der Waals surface area contributed by atoms with E-state index in [0.29, 0.717) is 25.7 Å². The zero-order valence-corrected chi connectivity index (χ0v) is 20.9. The molecule has 0 aromatic rings. The third kappa shape index (κ3) is 8.13. The van der Waals surface area contributed by atoms with E-state index >= 15 is 0 Å². The number of nitrogens with one attached hydrogen (secondary N) is 1. The first-order valence-electron chi connectivity index (χ1n) is 7.16. The predicted molar refractivity (Wildman–Crippen MR) is 78.9 cm³/mol. The van der Waals surface area contributed by atoms with Gasteiger partial charge in [-0.15, -0.1) is 0 Å². The molecule has 2 fully saturated rings. The van der Waals surface area contributed by atoms with Gasteiger partial charge < -0.3 is 9.81 Å². The third-order valence-electron chi connectivity index (χ3n) is 4.55. The van der Waals surface area contributed by atoms with Gasteiger partial charge >= 0.3 is 59.1 Å². The van der Waals surface area contributed by atoms with Crippen LogP contribution >= 0.6 is 12.0 Å². The number of rotatable bonds is 6. The largest absolute Gasteiger partial charge is 1.00 e. The Labute approximate surface area is 196 Å². The smallest absolute Gasteiger partial charge is 0.748 e. The van der Waals surface area contributed by atoms with Crippen molar-refractivity contribution in [3.8, 4) is 0 Å². The molecular formula is C11H19NNa2O8S3. The van der Waals surface area contributed by atoms with Crippen molar-refractivity contribution in [2.24, 2.45) is 11.8 Å². The molecule has 136 valence electrons. The van der Waals surface area contributed by atoms with Crippen LogP contribution in [0, 0.1) is 11.8 Å². The summed E-state index contributed by atoms with van der Waals surface area (Å²) in [5, 5.41) is 12.0. The fraction of sp³-hybridized carbons (Fsp3) is 1.00. The molecule has 14 heteroatoms. The third-order valence-corrected chi connectivity index (χ3v) is 7.56. The summed E-state index contributed by atoms with van der Waals surface area (Å²) in [5.74, 6) is -0.609. The maximum absolute atomic E-state index is 11.6. The van der Waals surface area contributed by atoms with E-state index in [0.717, 1.165) is 18.3 Å². The van der Waals surface area contributed by atoms with Crippen LogP contribution in [0.2, 0.25) is 0 Å². The molecule has 0 aliphatic heterocycles. The van der Waals surface area contributed by atoms with Crippen molar-refractivity contribution in [1.29, 1.82) is 0 Å². The first-order valence-corrected chi connectivity index (χ1v) is 11.3. The summed E-state index contributed by atoms with van der Waals surface area (Å²) in [5.41, 5.74) is 0. The van der Waals surface area contributed by atoms with E-state index in [1.165, 1.54) is 0 Å². The molecule has 2 rings (SSSR count). The maximum atomic E-state index is 11.6. The van der Waals surface area contributed by atoms with Crippen molar-refractivity contribution in [3.63, 3.8) is 0 Å². The van der Waals surface area contributed by atoms with Gasteiger partial charge in [0.1, 0.15) is 0 Å². The van der Waals surface area contributed by atoms with Crippen LogP contribution in [0.5, 0.6) is 0 Å². The van der Waals surface area contributed by atoms with Crippen molar-refractivity contribution in [1.82, 2.24) is 4.72 Å². The monoisotopic (exact) mass is 435 g/mol. The Morgan fingerprint density at radius 1 is 1.08 bits per heavy atom. The zero-order chi connectivity index (χ0) is 17.3. The molecule has 0 bridgehead atoms. The molecule has 1 N–H and O–H groups in total. The molecule has 2 saturated carbocycles. The Morgan fingerprint density at radius 2 is 1.72 bits per heavy atom. The van der Waals surface area contributed by atoms with Gasteiger partial charge in [0.05, 0.1) is 21.6 Å². The SMILES string of the molecule is CS(=O)(=O)NC1CC2C(SOO[O-])CCCC2C(S(=O)(=O)[O-])C1.[Na+].[Na+]. The maximum Gasteiger partial charge on any atom is 1.00 e. The Balaban J connectivity index is 0.00000288. The summed E-state index contributed by atoms with van der Waals surface area (Å²) >= 11 is 0.807. The predicted octanol–water partition coefficient (Wildman–Crippen LogP) is -6.72. The molecule has 0 heterocycles. The van der Waals surface area contributed by atoms with E-state index < -0.39 is 31.4 Å². The van der Waals surface area contributed by atoms with Crippen LogP contribution in [-0.2, 0) is 29.5 Å². The normalized spacial score (nSPS) is 32.8. The number of hydrogen-bond donors (Lipinski definition) is 1. The minimum absolute atomic E-state index is 0. The average Bonchev–Trinajstić information content (AvgIpc) is 2.41. The van der Waals surface area contributed by atoms with Crippen LogP contribution in [-0.4, -0.2) is 44.2 Å². The first kappa shape index (κ1) is 27.0. The van der Waals surface area contributed by atoms with Gasteiger partial charge in [0, 0.05) is 23.3 Å². The fourth-order valence-corrected chi connectivity index (χ4v) is 6.73. The van der Waals surface area contributed by atoms with Crippen LogP contribution in [0.15, 0.2) is 0 Å². The van der Waals surface area contributed by atoms with Crippen LogP contribution in [0.1, 0.15) is 32.1 Å². The van der Waals surface area contributed by atoms with Gasteiger partial charge in [-0.25, -0.2) is 21.6 Å². The molecule has 0 spiro atoms. The second kappa shape index (κ2) is 11.3. The number of fused-ring (bicyclic) bond motifs is 1. The minimum Gasteiger partial charge on any atom is -0.748 e. The molecule has 9 nitrogen and oxygen atoms in total. The van der Waals surface area contributed by atoms with E-state index in [4.69, 9.17) is 0 Å². The van der Waals surface area contributed by atoms with E-state index in [-0.39, 0.29) is 82.6 Å². The van der Waals surface area contributed by atoms with E-state index in [1.807, 2.05) is 0 Å². The fourth-order valence-electron chi connectivity index (χ4n) is 3.84. The Hall–Kier alpha value is 2.05. The van der Waals surface area contributed by atoms with Crippen LogP contribution in [0.25, 0.3) is 0 Å². The molecule has 0 radical (unpaired) electrons. The van der Waals surface area contributed by atoms with Crippen molar-refractivity contribution in [2.75, 3.05) is 6.26 Å². The summed E-state index contributed by atoms with van der Waals surface area (Å²) in [6, 6.07) is -0.630. The van der Waals surface area contributed by atoms with E-state index in [1.54, 1.807) is 0 Å². The molecule has 2 aliphatic carbocycles. The van der Waals surface area contributed by atoms with Gasteiger partial charge in [-0.1, -0.05) is 6.42 Å². The molecule has 0 aromatic carbocycles. The summed E-state index contributed by atoms with van der Waals surface area (Å²) < 4.78 is 64.5. The number of hydrogen-bond acceptors (Lipinski definition) is 9. The average molecular weight is 435 g/mol. The Kier molecular flexibility index (Phi) is 12.2. The van der Waals surface area contributed by atoms with Gasteiger partial charge in [-0.2, -0.15) is 4.33 Å². The molecule has 0 amide bonds. The molecule has 5 unspecified atom stereocenters. The zero-order valence-electron chi connectivity index (χ0n) is 14.4. The van der Waals surface area contributed by atoms with Crippen molar-refractivity contribution in [2.45, 2.75) is 48.6 Å². The summed E-state index contributed by atoms with van der Waals surface area (Å²) in [6.45, 7) is 0. The first-order chi connectivity index (χ1) is 10.6. The second-order valence-electron chi connectivity index (χ2n) is 6.12. The van der Waals surface area contributed by atoms with Crippen LogP contribution < -0.4 is 69.1 Å². The van der Waals surface area contributed by atoms with Crippen molar-refractivity contribution < 1.29 is 95.1 Å². The topological polar surface area (TPSA) is 145 Å². The second-order valence-corrected chi connectivity index (χ2v) is 10.4. The quantitative estimate of drug-likeness (QED) is 0.141. The van der Waals surface area contributed by atoms with Gasteiger partial charge in [-0.05, 0) is 37.5 Å². The Bertz CT molecular complexity index is 617. The summed E-state index contributed by atoms with van der Waals surface area (Å²) in [6.07, 6.45) is 3.31. The summed E-state index contributed by atoms with van der Waals surface area (Å²) in [7, 11) is -8.08. The van der Waals surface area contributed by atoms with Crippen molar-refractivity contribution in [3.05, 3.63) is 0 Å². The molecule has 5 atom stereocenters. The van der Waals surface area contributed by atoms with Gasteiger partial charge in [0.15, 0.2) is 0 Å². The molecular weight excluding hydrogens is 416 g/mol. The van der Waals surface area contributed by atoms with Gasteiger partial charge in [0.25, 0.3) is 0 Å². The molecule has 25 heavy (non-hydrogen) atoms. The van der Waals surface area contributed by atoms with Crippen LogP contribution in [0.4, 0.5) is 0 Å². The number of sulfonamides is 1. The molecule has 2 aliphatic rings. The van der Waals surface area contributed by atoms with Gasteiger partial charge in [-0.3, -0.25) is 5.04 Å². The van der Waals surface area contributed by atoms with Crippen molar-refractivity contribution >= 4 is 32.2 Å². The van der Waals surface area contributed by atoms with Crippen LogP contribution in [0.3, 0.4) is 0 Å².